The second-order valence-corrected chi connectivity index (χ2v) is 9.14. The summed E-state index contributed by atoms with van der Waals surface area (Å²) in [6.45, 7) is 4.07. The van der Waals surface area contributed by atoms with Gasteiger partial charge in [0.2, 0.25) is 11.8 Å². The summed E-state index contributed by atoms with van der Waals surface area (Å²) in [5.74, 6) is -0.219. The molecule has 0 aliphatic carbocycles. The van der Waals surface area contributed by atoms with E-state index in [-0.39, 0.29) is 17.2 Å². The smallest absolute Gasteiger partial charge is 0.238 e. The van der Waals surface area contributed by atoms with Gasteiger partial charge < -0.3 is 5.32 Å². The molecule has 1 atom stereocenters. The number of rotatable bonds is 10. The molecule has 0 aromatic heterocycles. The summed E-state index contributed by atoms with van der Waals surface area (Å²) < 4.78 is 14.5. The molecular weight excluding hydrogens is 411 g/mol. The van der Waals surface area contributed by atoms with Gasteiger partial charge in [0.1, 0.15) is 11.2 Å². The van der Waals surface area contributed by atoms with E-state index >= 15 is 0 Å². The SMILES string of the molecule is CCCCCCCCC(=O)Nc1cccc(C2SCC(=O)N2c2cc(C)ccc2F)c1. The van der Waals surface area contributed by atoms with Gasteiger partial charge in [-0.3, -0.25) is 14.5 Å². The van der Waals surface area contributed by atoms with Crippen molar-refractivity contribution in [2.45, 2.75) is 64.2 Å². The summed E-state index contributed by atoms with van der Waals surface area (Å²) >= 11 is 1.47. The van der Waals surface area contributed by atoms with E-state index < -0.39 is 5.82 Å². The van der Waals surface area contributed by atoms with Crippen molar-refractivity contribution >= 4 is 35.0 Å². The van der Waals surface area contributed by atoms with Gasteiger partial charge in [0.05, 0.1) is 11.4 Å². The zero-order chi connectivity index (χ0) is 22.2. The zero-order valence-electron chi connectivity index (χ0n) is 18.3. The number of nitrogens with one attached hydrogen (secondary N) is 1. The number of hydrogen-bond donors (Lipinski definition) is 1. The Hall–Kier alpha value is -2.34. The molecule has 0 radical (unpaired) electrons. The largest absolute Gasteiger partial charge is 0.326 e. The summed E-state index contributed by atoms with van der Waals surface area (Å²) in [6.07, 6.45) is 7.35. The Morgan fingerprint density at radius 3 is 2.71 bits per heavy atom. The molecule has 1 aliphatic rings. The van der Waals surface area contributed by atoms with Crippen molar-refractivity contribution in [3.8, 4) is 0 Å². The lowest BCUT2D eigenvalue weighted by molar-refractivity contribution is -0.117. The maximum Gasteiger partial charge on any atom is 0.238 e. The summed E-state index contributed by atoms with van der Waals surface area (Å²) in [5, 5.41) is 2.65. The summed E-state index contributed by atoms with van der Waals surface area (Å²) in [4.78, 5) is 26.4. The minimum atomic E-state index is -0.408. The van der Waals surface area contributed by atoms with Gasteiger partial charge in [0.25, 0.3) is 0 Å². The van der Waals surface area contributed by atoms with Crippen molar-refractivity contribution < 1.29 is 14.0 Å². The maximum absolute atomic E-state index is 14.5. The van der Waals surface area contributed by atoms with E-state index in [1.807, 2.05) is 31.2 Å². The average molecular weight is 443 g/mol. The fourth-order valence-corrected chi connectivity index (χ4v) is 4.96. The second-order valence-electron chi connectivity index (χ2n) is 8.07. The van der Waals surface area contributed by atoms with Gasteiger partial charge in [-0.25, -0.2) is 4.39 Å². The van der Waals surface area contributed by atoms with Gasteiger partial charge >= 0.3 is 0 Å². The number of unbranched alkanes of at least 4 members (excludes halogenated alkanes) is 5. The summed E-state index contributed by atoms with van der Waals surface area (Å²) in [5.41, 5.74) is 2.78. The Bertz CT molecular complexity index is 918. The van der Waals surface area contributed by atoms with E-state index in [2.05, 4.69) is 12.2 Å². The highest BCUT2D eigenvalue weighted by atomic mass is 32.2. The third-order valence-electron chi connectivity index (χ3n) is 5.44. The van der Waals surface area contributed by atoms with Gasteiger partial charge in [0, 0.05) is 12.1 Å². The first-order chi connectivity index (χ1) is 15.0. The fraction of sp³-hybridized carbons (Fsp3) is 0.440. The van der Waals surface area contributed by atoms with Crippen molar-refractivity contribution in [1.29, 1.82) is 0 Å². The first-order valence-corrected chi connectivity index (χ1v) is 12.1. The molecule has 2 aromatic rings. The van der Waals surface area contributed by atoms with Crippen LogP contribution in [0.15, 0.2) is 42.5 Å². The number of carbonyl (C=O) groups is 2. The van der Waals surface area contributed by atoms with E-state index in [1.165, 1.54) is 48.4 Å². The van der Waals surface area contributed by atoms with Gasteiger partial charge in [-0.15, -0.1) is 11.8 Å². The van der Waals surface area contributed by atoms with Crippen LogP contribution in [0, 0.1) is 12.7 Å². The van der Waals surface area contributed by atoms with E-state index in [1.54, 1.807) is 12.1 Å². The van der Waals surface area contributed by atoms with Crippen LogP contribution in [0.25, 0.3) is 0 Å². The number of halogens is 1. The van der Waals surface area contributed by atoms with Crippen LogP contribution >= 0.6 is 11.8 Å². The Morgan fingerprint density at radius 1 is 1.13 bits per heavy atom. The van der Waals surface area contributed by atoms with E-state index in [9.17, 15) is 14.0 Å². The highest BCUT2D eigenvalue weighted by Crippen LogP contribution is 2.43. The topological polar surface area (TPSA) is 49.4 Å². The highest BCUT2D eigenvalue weighted by Gasteiger charge is 2.35. The lowest BCUT2D eigenvalue weighted by Gasteiger charge is -2.25. The molecule has 31 heavy (non-hydrogen) atoms. The minimum absolute atomic E-state index is 0.00405. The van der Waals surface area contributed by atoms with Crippen molar-refractivity contribution in [2.75, 3.05) is 16.0 Å². The number of thioether (sulfide) groups is 1. The zero-order valence-corrected chi connectivity index (χ0v) is 19.1. The van der Waals surface area contributed by atoms with Crippen molar-refractivity contribution in [3.63, 3.8) is 0 Å². The third-order valence-corrected chi connectivity index (χ3v) is 6.65. The molecular formula is C25H31FN2O2S. The molecule has 1 fully saturated rings. The van der Waals surface area contributed by atoms with Gasteiger partial charge in [-0.1, -0.05) is 57.2 Å². The minimum Gasteiger partial charge on any atom is -0.326 e. The molecule has 1 N–H and O–H groups in total. The van der Waals surface area contributed by atoms with Crippen LogP contribution in [0.1, 0.15) is 68.4 Å². The lowest BCUT2D eigenvalue weighted by Crippen LogP contribution is -2.28. The van der Waals surface area contributed by atoms with Crippen LogP contribution in [-0.2, 0) is 9.59 Å². The van der Waals surface area contributed by atoms with Crippen LogP contribution in [0.3, 0.4) is 0 Å². The van der Waals surface area contributed by atoms with Gasteiger partial charge in [0.15, 0.2) is 0 Å². The third kappa shape index (κ3) is 6.33. The average Bonchev–Trinajstić information content (AvgIpc) is 3.14. The lowest BCUT2D eigenvalue weighted by atomic mass is 10.1. The maximum atomic E-state index is 14.5. The quantitative estimate of drug-likeness (QED) is 0.422. The number of anilines is 2. The predicted octanol–water partition coefficient (Wildman–Crippen LogP) is 6.60. The molecule has 4 nitrogen and oxygen atoms in total. The highest BCUT2D eigenvalue weighted by molar-refractivity contribution is 8.00. The number of benzene rings is 2. The van der Waals surface area contributed by atoms with Crippen LogP contribution in [0.5, 0.6) is 0 Å². The van der Waals surface area contributed by atoms with Crippen molar-refractivity contribution in [3.05, 3.63) is 59.4 Å². The van der Waals surface area contributed by atoms with Crippen molar-refractivity contribution in [2.24, 2.45) is 0 Å². The standard InChI is InChI=1S/C25H31FN2O2S/c1-3-4-5-6-7-8-12-23(29)27-20-11-9-10-19(16-20)25-28(24(30)17-31-25)22-15-18(2)13-14-21(22)26/h9-11,13-16,25H,3-8,12,17H2,1-2H3,(H,27,29). The molecule has 0 spiro atoms. The Labute approximate surface area is 188 Å². The van der Waals surface area contributed by atoms with Crippen LogP contribution in [0.4, 0.5) is 15.8 Å². The van der Waals surface area contributed by atoms with Gasteiger partial charge in [-0.2, -0.15) is 0 Å². The molecule has 1 unspecified atom stereocenters. The predicted molar refractivity (Wildman–Crippen MR) is 127 cm³/mol. The molecule has 1 saturated heterocycles. The van der Waals surface area contributed by atoms with Crippen LogP contribution in [-0.4, -0.2) is 17.6 Å². The molecule has 1 heterocycles. The molecule has 0 bridgehead atoms. The molecule has 3 rings (SSSR count). The van der Waals surface area contributed by atoms with Crippen molar-refractivity contribution in [1.82, 2.24) is 0 Å². The fourth-order valence-electron chi connectivity index (χ4n) is 3.80. The molecule has 6 heteroatoms. The van der Waals surface area contributed by atoms with Gasteiger partial charge in [-0.05, 0) is 48.7 Å². The van der Waals surface area contributed by atoms with E-state index in [4.69, 9.17) is 0 Å². The summed E-state index contributed by atoms with van der Waals surface area (Å²) in [7, 11) is 0. The van der Waals surface area contributed by atoms with E-state index in [0.29, 0.717) is 23.5 Å². The number of nitrogens with zero attached hydrogens (tertiary/aromatic N) is 1. The molecule has 2 amide bonds. The Morgan fingerprint density at radius 2 is 1.90 bits per heavy atom. The van der Waals surface area contributed by atoms with E-state index in [0.717, 1.165) is 24.0 Å². The second kappa shape index (κ2) is 11.3. The molecule has 2 aromatic carbocycles. The Balaban J connectivity index is 1.65. The monoisotopic (exact) mass is 442 g/mol. The van der Waals surface area contributed by atoms with Crippen LogP contribution < -0.4 is 10.2 Å². The Kier molecular flexibility index (Phi) is 8.52. The van der Waals surface area contributed by atoms with Crippen LogP contribution in [0.2, 0.25) is 0 Å². The first kappa shape index (κ1) is 23.3. The molecule has 166 valence electrons. The molecule has 1 aliphatic heterocycles. The normalized spacial score (nSPS) is 16.0. The molecule has 0 saturated carbocycles. The number of hydrogen-bond acceptors (Lipinski definition) is 3. The number of carbonyl (C=O) groups excluding carboxylic acids is 2. The first-order valence-electron chi connectivity index (χ1n) is 11.1. The number of amides is 2. The summed E-state index contributed by atoms with van der Waals surface area (Å²) in [6, 6.07) is 12.3. The number of aryl methyl sites for hydroxylation is 1.